The molecule has 0 atom stereocenters. The van der Waals surface area contributed by atoms with Crippen LogP contribution >= 0.6 is 12.6 Å². The Labute approximate surface area is 117 Å². The normalized spacial score (nSPS) is 10.3. The smallest absolute Gasteiger partial charge is 0.258 e. The molecule has 0 unspecified atom stereocenters. The van der Waals surface area contributed by atoms with Gasteiger partial charge in [0, 0.05) is 17.0 Å². The molecule has 0 bridgehead atoms. The predicted molar refractivity (Wildman–Crippen MR) is 77.4 cm³/mol. The minimum atomic E-state index is -0.400. The quantitative estimate of drug-likeness (QED) is 0.845. The summed E-state index contributed by atoms with van der Waals surface area (Å²) in [6.07, 6.45) is 0. The molecule has 0 spiro atoms. The lowest BCUT2D eigenvalue weighted by atomic mass is 10.1. The van der Waals surface area contributed by atoms with E-state index >= 15 is 0 Å². The van der Waals surface area contributed by atoms with Gasteiger partial charge in [0.1, 0.15) is 5.82 Å². The van der Waals surface area contributed by atoms with Crippen LogP contribution in [0.3, 0.4) is 0 Å². The lowest BCUT2D eigenvalue weighted by molar-refractivity contribution is 0.0987. The van der Waals surface area contributed by atoms with Crippen molar-refractivity contribution in [2.45, 2.75) is 11.8 Å². The zero-order chi connectivity index (χ0) is 13.8. The van der Waals surface area contributed by atoms with Gasteiger partial charge in [-0.3, -0.25) is 4.79 Å². The van der Waals surface area contributed by atoms with Crippen molar-refractivity contribution < 1.29 is 9.18 Å². The number of halogens is 1. The summed E-state index contributed by atoms with van der Waals surface area (Å²) >= 11 is 4.18. The molecule has 0 N–H and O–H groups in total. The molecular weight excluding hydrogens is 261 g/mol. The van der Waals surface area contributed by atoms with Crippen molar-refractivity contribution >= 4 is 24.2 Å². The first-order valence-corrected chi connectivity index (χ1v) is 6.43. The number of carbonyl (C=O) groups is 1. The van der Waals surface area contributed by atoms with Crippen LogP contribution in [0.4, 0.5) is 10.1 Å². The molecular formula is C15H14FNOS. The Morgan fingerprint density at radius 1 is 1.16 bits per heavy atom. The van der Waals surface area contributed by atoms with Crippen LogP contribution < -0.4 is 4.90 Å². The first-order chi connectivity index (χ1) is 9.13. The zero-order valence-electron chi connectivity index (χ0n) is 10.5. The monoisotopic (exact) mass is 275 g/mol. The summed E-state index contributed by atoms with van der Waals surface area (Å²) in [5.74, 6) is -0.621. The number of thiol groups is 1. The molecule has 0 aliphatic heterocycles. The lowest BCUT2D eigenvalue weighted by Gasteiger charge is -2.21. The Hall–Kier alpha value is -1.81. The molecule has 2 aromatic rings. The van der Waals surface area contributed by atoms with Crippen LogP contribution in [0.25, 0.3) is 0 Å². The Morgan fingerprint density at radius 3 is 2.37 bits per heavy atom. The first kappa shape index (κ1) is 13.6. The molecule has 19 heavy (non-hydrogen) atoms. The van der Waals surface area contributed by atoms with Gasteiger partial charge >= 0.3 is 0 Å². The van der Waals surface area contributed by atoms with Gasteiger partial charge in [0.05, 0.1) is 5.69 Å². The van der Waals surface area contributed by atoms with Crippen LogP contribution in [0.2, 0.25) is 0 Å². The van der Waals surface area contributed by atoms with E-state index in [1.807, 2.05) is 6.92 Å². The third-order valence-electron chi connectivity index (χ3n) is 2.82. The zero-order valence-corrected chi connectivity index (χ0v) is 11.4. The van der Waals surface area contributed by atoms with Crippen LogP contribution in [0.5, 0.6) is 0 Å². The lowest BCUT2D eigenvalue weighted by Crippen LogP contribution is -2.31. The largest absolute Gasteiger partial charge is 0.306 e. The molecule has 0 aliphatic carbocycles. The Kier molecular flexibility index (Phi) is 4.22. The van der Waals surface area contributed by atoms with Gasteiger partial charge in [-0.25, -0.2) is 4.39 Å². The van der Waals surface area contributed by atoms with Gasteiger partial charge in [-0.15, -0.1) is 12.6 Å². The van der Waals surface area contributed by atoms with Crippen LogP contribution in [0.15, 0.2) is 53.4 Å². The summed E-state index contributed by atoms with van der Waals surface area (Å²) in [6, 6.07) is 13.1. The van der Waals surface area contributed by atoms with Gasteiger partial charge in [0.2, 0.25) is 0 Å². The van der Waals surface area contributed by atoms with Gasteiger partial charge < -0.3 is 4.90 Å². The maximum absolute atomic E-state index is 13.8. The number of anilines is 1. The van der Waals surface area contributed by atoms with Crippen molar-refractivity contribution in [2.24, 2.45) is 0 Å². The van der Waals surface area contributed by atoms with Gasteiger partial charge in [0.25, 0.3) is 5.91 Å². The summed E-state index contributed by atoms with van der Waals surface area (Å²) in [5, 5.41) is 0. The van der Waals surface area contributed by atoms with Crippen molar-refractivity contribution in [2.75, 3.05) is 11.4 Å². The highest BCUT2D eigenvalue weighted by molar-refractivity contribution is 7.80. The molecule has 2 nitrogen and oxygen atoms in total. The summed E-state index contributed by atoms with van der Waals surface area (Å²) in [7, 11) is 0. The number of hydrogen-bond acceptors (Lipinski definition) is 2. The molecule has 2 rings (SSSR count). The van der Waals surface area contributed by atoms with Crippen LogP contribution in [0.1, 0.15) is 17.3 Å². The van der Waals surface area contributed by atoms with Crippen LogP contribution in [0, 0.1) is 5.82 Å². The minimum Gasteiger partial charge on any atom is -0.306 e. The van der Waals surface area contributed by atoms with Crippen molar-refractivity contribution in [1.29, 1.82) is 0 Å². The Bertz CT molecular complexity index is 583. The maximum atomic E-state index is 13.8. The number of benzene rings is 2. The van der Waals surface area contributed by atoms with E-state index in [0.717, 1.165) is 4.90 Å². The molecule has 0 fully saturated rings. The molecule has 0 aliphatic rings. The third kappa shape index (κ3) is 2.96. The highest BCUT2D eigenvalue weighted by atomic mass is 32.1. The van der Waals surface area contributed by atoms with E-state index in [0.29, 0.717) is 17.8 Å². The van der Waals surface area contributed by atoms with Gasteiger partial charge in [-0.2, -0.15) is 0 Å². The van der Waals surface area contributed by atoms with Gasteiger partial charge in [-0.1, -0.05) is 12.1 Å². The number of carbonyl (C=O) groups excluding carboxylic acids is 1. The third-order valence-corrected chi connectivity index (χ3v) is 3.12. The average molecular weight is 275 g/mol. The molecule has 0 radical (unpaired) electrons. The second kappa shape index (κ2) is 5.89. The molecule has 0 saturated heterocycles. The fraction of sp³-hybridized carbons (Fsp3) is 0.133. The van der Waals surface area contributed by atoms with E-state index in [1.165, 1.54) is 11.0 Å². The number of amides is 1. The van der Waals surface area contributed by atoms with Gasteiger partial charge in [0.15, 0.2) is 0 Å². The van der Waals surface area contributed by atoms with E-state index in [-0.39, 0.29) is 5.91 Å². The first-order valence-electron chi connectivity index (χ1n) is 5.99. The number of rotatable bonds is 3. The van der Waals surface area contributed by atoms with Crippen LogP contribution in [-0.2, 0) is 0 Å². The second-order valence-electron chi connectivity index (χ2n) is 4.05. The number of hydrogen-bond donors (Lipinski definition) is 1. The van der Waals surface area contributed by atoms with Crippen molar-refractivity contribution in [3.63, 3.8) is 0 Å². The fourth-order valence-electron chi connectivity index (χ4n) is 1.85. The molecule has 98 valence electrons. The highest BCUT2D eigenvalue weighted by Gasteiger charge is 2.18. The molecule has 0 saturated carbocycles. The minimum absolute atomic E-state index is 0.221. The van der Waals surface area contributed by atoms with Crippen molar-refractivity contribution in [3.8, 4) is 0 Å². The summed E-state index contributed by atoms with van der Waals surface area (Å²) in [5.41, 5.74) is 0.813. The highest BCUT2D eigenvalue weighted by Crippen LogP contribution is 2.21. The maximum Gasteiger partial charge on any atom is 0.258 e. The number of nitrogens with zero attached hydrogens (tertiary/aromatic N) is 1. The average Bonchev–Trinajstić information content (AvgIpc) is 2.42. The summed E-state index contributed by atoms with van der Waals surface area (Å²) in [6.45, 7) is 2.22. The topological polar surface area (TPSA) is 20.3 Å². The van der Waals surface area contributed by atoms with E-state index in [4.69, 9.17) is 0 Å². The Balaban J connectivity index is 2.35. The van der Waals surface area contributed by atoms with E-state index in [9.17, 15) is 9.18 Å². The molecule has 4 heteroatoms. The molecule has 0 heterocycles. The van der Waals surface area contributed by atoms with Crippen molar-refractivity contribution in [3.05, 3.63) is 59.9 Å². The summed E-state index contributed by atoms with van der Waals surface area (Å²) in [4.78, 5) is 14.6. The fourth-order valence-corrected chi connectivity index (χ4v) is 2.00. The van der Waals surface area contributed by atoms with E-state index < -0.39 is 5.82 Å². The SMILES string of the molecule is CCN(C(=O)c1ccc(S)cc1)c1ccccc1F. The summed E-state index contributed by atoms with van der Waals surface area (Å²) < 4.78 is 13.8. The second-order valence-corrected chi connectivity index (χ2v) is 4.56. The van der Waals surface area contributed by atoms with E-state index in [2.05, 4.69) is 12.6 Å². The van der Waals surface area contributed by atoms with E-state index in [1.54, 1.807) is 42.5 Å². The molecule has 1 amide bonds. The van der Waals surface area contributed by atoms with Crippen molar-refractivity contribution in [1.82, 2.24) is 0 Å². The van der Waals surface area contributed by atoms with Crippen LogP contribution in [-0.4, -0.2) is 12.5 Å². The Morgan fingerprint density at radius 2 is 1.79 bits per heavy atom. The predicted octanol–water partition coefficient (Wildman–Crippen LogP) is 3.78. The van der Waals surface area contributed by atoms with Gasteiger partial charge in [-0.05, 0) is 43.3 Å². The molecule has 2 aromatic carbocycles. The standard InChI is InChI=1S/C15H14FNOS/c1-2-17(14-6-4-3-5-13(14)16)15(18)11-7-9-12(19)10-8-11/h3-10,19H,2H2,1H3. The number of para-hydroxylation sites is 1. The molecule has 0 aromatic heterocycles.